The highest BCUT2D eigenvalue weighted by molar-refractivity contribution is 5.90. The molecule has 0 saturated heterocycles. The van der Waals surface area contributed by atoms with E-state index in [1.807, 2.05) is 79.7 Å². The van der Waals surface area contributed by atoms with Crippen LogP contribution in [0.2, 0.25) is 0 Å². The van der Waals surface area contributed by atoms with Crippen LogP contribution in [0.4, 0.5) is 5.69 Å². The van der Waals surface area contributed by atoms with E-state index in [9.17, 15) is 9.59 Å². The van der Waals surface area contributed by atoms with Gasteiger partial charge in [0.05, 0.1) is 18.4 Å². The molecule has 0 spiro atoms. The molecule has 0 fully saturated rings. The number of carbonyl (C=O) groups is 1. The molecule has 5 rings (SSSR count). The lowest BCUT2D eigenvalue weighted by atomic mass is 10.0. The van der Waals surface area contributed by atoms with E-state index in [0.717, 1.165) is 11.1 Å². The lowest BCUT2D eigenvalue weighted by Gasteiger charge is -2.21. The number of aromatic nitrogens is 2. The van der Waals surface area contributed by atoms with Crippen molar-refractivity contribution in [2.24, 2.45) is 0 Å². The van der Waals surface area contributed by atoms with Gasteiger partial charge in [-0.2, -0.15) is 0 Å². The van der Waals surface area contributed by atoms with E-state index in [4.69, 9.17) is 9.47 Å². The van der Waals surface area contributed by atoms with Gasteiger partial charge in [-0.3, -0.25) is 9.59 Å². The number of aryl methyl sites for hydroxylation is 1. The first-order valence-corrected chi connectivity index (χ1v) is 10.7. The number of hydrogen-bond donors (Lipinski definition) is 1. The maximum absolute atomic E-state index is 13.5. The fraction of sp³-hybridized carbons (Fsp3) is 0.154. The average Bonchev–Trinajstić information content (AvgIpc) is 3.09. The summed E-state index contributed by atoms with van der Waals surface area (Å²) in [4.78, 5) is 26.5. The number of nitrogens with one attached hydrogen (secondary N) is 1. The predicted octanol–water partition coefficient (Wildman–Crippen LogP) is 4.29. The van der Waals surface area contributed by atoms with Gasteiger partial charge >= 0.3 is 0 Å². The summed E-state index contributed by atoms with van der Waals surface area (Å²) in [7, 11) is 1.58. The number of methoxy groups -OCH3 is 1. The molecule has 0 radical (unpaired) electrons. The maximum Gasteiger partial charge on any atom is 0.278 e. The van der Waals surface area contributed by atoms with Crippen molar-refractivity contribution in [3.63, 3.8) is 0 Å². The smallest absolute Gasteiger partial charge is 0.278 e. The Kier molecular flexibility index (Phi) is 5.22. The van der Waals surface area contributed by atoms with Crippen LogP contribution in [0, 0.1) is 6.92 Å². The van der Waals surface area contributed by atoms with E-state index < -0.39 is 0 Å². The molecular weight excluding hydrogens is 418 g/mol. The van der Waals surface area contributed by atoms with Crippen LogP contribution in [0.15, 0.2) is 77.6 Å². The Hall–Kier alpha value is -4.26. The van der Waals surface area contributed by atoms with Crippen molar-refractivity contribution in [1.82, 2.24) is 9.36 Å². The van der Waals surface area contributed by atoms with E-state index in [1.165, 1.54) is 4.68 Å². The van der Waals surface area contributed by atoms with Crippen LogP contribution in [0.1, 0.15) is 16.7 Å². The van der Waals surface area contributed by atoms with Gasteiger partial charge in [-0.05, 0) is 37.3 Å². The Bertz CT molecular complexity index is 1390. The number of carbonyl (C=O) groups excluding carboxylic acids is 1. The van der Waals surface area contributed by atoms with Gasteiger partial charge in [0.15, 0.2) is 11.5 Å². The largest absolute Gasteiger partial charge is 0.493 e. The number of amides is 1. The first-order chi connectivity index (χ1) is 16.0. The van der Waals surface area contributed by atoms with E-state index in [2.05, 4.69) is 5.32 Å². The zero-order valence-corrected chi connectivity index (χ0v) is 18.4. The van der Waals surface area contributed by atoms with Crippen molar-refractivity contribution < 1.29 is 14.3 Å². The predicted molar refractivity (Wildman–Crippen MR) is 126 cm³/mol. The number of fused-ring (bicyclic) bond motifs is 2. The molecule has 4 aromatic rings. The van der Waals surface area contributed by atoms with Crippen molar-refractivity contribution in [2.75, 3.05) is 12.4 Å². The van der Waals surface area contributed by atoms with Gasteiger partial charge in [0.2, 0.25) is 11.8 Å². The SMILES string of the molecule is COc1cccc2c1Oc1c(c(=O)n(-c3ccccc3)n1CC(=O)Nc1ccc(C)cc1)C2. The molecule has 33 heavy (non-hydrogen) atoms. The minimum atomic E-state index is -0.268. The van der Waals surface area contributed by atoms with Gasteiger partial charge in [-0.25, -0.2) is 9.36 Å². The summed E-state index contributed by atoms with van der Waals surface area (Å²) in [5, 5.41) is 2.90. The van der Waals surface area contributed by atoms with Gasteiger partial charge in [0.1, 0.15) is 6.54 Å². The molecule has 0 atom stereocenters. The number of ether oxygens (including phenoxy) is 2. The van der Waals surface area contributed by atoms with Gasteiger partial charge in [-0.1, -0.05) is 48.0 Å². The summed E-state index contributed by atoms with van der Waals surface area (Å²) in [5.74, 6) is 1.22. The number of rotatable bonds is 5. The summed E-state index contributed by atoms with van der Waals surface area (Å²) >= 11 is 0. The summed E-state index contributed by atoms with van der Waals surface area (Å²) in [5.41, 5.74) is 3.59. The summed E-state index contributed by atoms with van der Waals surface area (Å²) in [6.07, 6.45) is 0.389. The van der Waals surface area contributed by atoms with Crippen LogP contribution >= 0.6 is 0 Å². The normalized spacial score (nSPS) is 11.8. The van der Waals surface area contributed by atoms with Crippen LogP contribution in [0.25, 0.3) is 5.69 Å². The molecule has 1 aromatic heterocycles. The standard InChI is InChI=1S/C26H23N3O4/c1-17-11-13-19(14-12-17)27-23(30)16-28-26-21(25(31)29(28)20-8-4-3-5-9-20)15-18-7-6-10-22(32-2)24(18)33-26/h3-14H,15-16H2,1-2H3,(H,27,30). The summed E-state index contributed by atoms with van der Waals surface area (Å²) in [6.45, 7) is 1.89. The second-order valence-electron chi connectivity index (χ2n) is 7.94. The van der Waals surface area contributed by atoms with Crippen LogP contribution < -0.4 is 20.3 Å². The van der Waals surface area contributed by atoms with Gasteiger partial charge in [0, 0.05) is 17.7 Å². The van der Waals surface area contributed by atoms with Gasteiger partial charge < -0.3 is 14.8 Å². The monoisotopic (exact) mass is 441 g/mol. The Balaban J connectivity index is 1.58. The van der Waals surface area contributed by atoms with E-state index in [-0.39, 0.29) is 18.0 Å². The van der Waals surface area contributed by atoms with Crippen molar-refractivity contribution in [3.8, 4) is 23.1 Å². The molecule has 0 unspecified atom stereocenters. The van der Waals surface area contributed by atoms with Crippen LogP contribution in [0.3, 0.4) is 0 Å². The summed E-state index contributed by atoms with van der Waals surface area (Å²) < 4.78 is 14.8. The molecule has 1 N–H and O–H groups in total. The molecule has 0 aliphatic carbocycles. The van der Waals surface area contributed by atoms with E-state index >= 15 is 0 Å². The molecule has 7 nitrogen and oxygen atoms in total. The maximum atomic E-state index is 13.5. The molecule has 2 heterocycles. The number of nitrogens with zero attached hydrogens (tertiary/aromatic N) is 2. The zero-order valence-electron chi connectivity index (χ0n) is 18.4. The van der Waals surface area contributed by atoms with Crippen molar-refractivity contribution in [1.29, 1.82) is 0 Å². The molecule has 1 aliphatic rings. The number of benzene rings is 3. The highest BCUT2D eigenvalue weighted by Crippen LogP contribution is 2.41. The third-order valence-electron chi connectivity index (χ3n) is 5.66. The highest BCUT2D eigenvalue weighted by atomic mass is 16.5. The third kappa shape index (κ3) is 3.78. The molecule has 3 aromatic carbocycles. The number of para-hydroxylation sites is 2. The van der Waals surface area contributed by atoms with Crippen molar-refractivity contribution in [3.05, 3.63) is 99.8 Å². The molecule has 1 amide bonds. The number of hydrogen-bond acceptors (Lipinski definition) is 4. The molecule has 166 valence electrons. The molecule has 1 aliphatic heterocycles. The number of anilines is 1. The summed E-state index contributed by atoms with van der Waals surface area (Å²) in [6, 6.07) is 22.4. The second kappa shape index (κ2) is 8.35. The van der Waals surface area contributed by atoms with Gasteiger partial charge in [0.25, 0.3) is 5.56 Å². The average molecular weight is 441 g/mol. The minimum absolute atomic E-state index is 0.0994. The first kappa shape index (κ1) is 20.6. The van der Waals surface area contributed by atoms with Gasteiger partial charge in [-0.15, -0.1) is 0 Å². The fourth-order valence-electron chi connectivity index (χ4n) is 4.05. The zero-order chi connectivity index (χ0) is 22.9. The second-order valence-corrected chi connectivity index (χ2v) is 7.94. The molecular formula is C26H23N3O4. The minimum Gasteiger partial charge on any atom is -0.493 e. The molecule has 0 bridgehead atoms. The van der Waals surface area contributed by atoms with E-state index in [1.54, 1.807) is 11.8 Å². The first-order valence-electron chi connectivity index (χ1n) is 10.7. The van der Waals surface area contributed by atoms with Crippen molar-refractivity contribution in [2.45, 2.75) is 19.9 Å². The van der Waals surface area contributed by atoms with Crippen LogP contribution in [-0.4, -0.2) is 22.4 Å². The lowest BCUT2D eigenvalue weighted by Crippen LogP contribution is -2.27. The van der Waals surface area contributed by atoms with Crippen molar-refractivity contribution >= 4 is 11.6 Å². The van der Waals surface area contributed by atoms with Crippen LogP contribution in [-0.2, 0) is 17.8 Å². The third-order valence-corrected chi connectivity index (χ3v) is 5.66. The lowest BCUT2D eigenvalue weighted by molar-refractivity contribution is -0.117. The van der Waals surface area contributed by atoms with E-state index in [0.29, 0.717) is 40.7 Å². The Morgan fingerprint density at radius 2 is 1.79 bits per heavy atom. The fourth-order valence-corrected chi connectivity index (χ4v) is 4.05. The molecule has 0 saturated carbocycles. The Morgan fingerprint density at radius 1 is 1.03 bits per heavy atom. The highest BCUT2D eigenvalue weighted by Gasteiger charge is 2.30. The topological polar surface area (TPSA) is 74.5 Å². The Morgan fingerprint density at radius 3 is 2.52 bits per heavy atom. The molecule has 7 heteroatoms. The van der Waals surface area contributed by atoms with Crippen LogP contribution in [0.5, 0.6) is 17.4 Å². The Labute approximate surface area is 190 Å². The quantitative estimate of drug-likeness (QED) is 0.442.